The van der Waals surface area contributed by atoms with Crippen molar-refractivity contribution in [3.8, 4) is 0 Å². The van der Waals surface area contributed by atoms with E-state index in [0.717, 1.165) is 56.1 Å². The molecule has 1 aliphatic heterocycles. The Balaban J connectivity index is 1.35. The van der Waals surface area contributed by atoms with Gasteiger partial charge in [0.1, 0.15) is 5.82 Å². The molecule has 0 atom stereocenters. The summed E-state index contributed by atoms with van der Waals surface area (Å²) in [6.45, 7) is 3.54. The molecule has 2 fully saturated rings. The summed E-state index contributed by atoms with van der Waals surface area (Å²) in [5.41, 5.74) is 1.16. The standard InChI is InChI=1S/C27H30FN3O3/c1-2-15-34-19-9-11-27(12-10-19)13-14-31(27)26(33)22-16-18(7-8-23(22)28)17-24-20-5-3-4-6-21(20)25(32)30-29-24/h3-8,16,19H,2,9-15,17H2,1H3,(H,30,32). The van der Waals surface area contributed by atoms with Crippen molar-refractivity contribution < 1.29 is 13.9 Å². The summed E-state index contributed by atoms with van der Waals surface area (Å²) in [5.74, 6) is -0.743. The maximum absolute atomic E-state index is 14.8. The van der Waals surface area contributed by atoms with E-state index in [1.165, 1.54) is 6.07 Å². The molecule has 0 bridgehead atoms. The van der Waals surface area contributed by atoms with Gasteiger partial charge >= 0.3 is 0 Å². The van der Waals surface area contributed by atoms with Crippen LogP contribution in [0, 0.1) is 5.82 Å². The predicted molar refractivity (Wildman–Crippen MR) is 128 cm³/mol. The number of nitrogens with one attached hydrogen (secondary N) is 1. The van der Waals surface area contributed by atoms with E-state index in [1.54, 1.807) is 18.2 Å². The number of carbonyl (C=O) groups excluding carboxylic acids is 1. The first kappa shape index (κ1) is 22.7. The van der Waals surface area contributed by atoms with Crippen LogP contribution in [0.15, 0.2) is 47.3 Å². The fraction of sp³-hybridized carbons (Fsp3) is 0.444. The summed E-state index contributed by atoms with van der Waals surface area (Å²) in [7, 11) is 0. The van der Waals surface area contributed by atoms with Crippen molar-refractivity contribution in [1.82, 2.24) is 15.1 Å². The quantitative estimate of drug-likeness (QED) is 0.579. The third-order valence-electron chi connectivity index (χ3n) is 7.45. The molecule has 178 valence electrons. The van der Waals surface area contributed by atoms with Gasteiger partial charge in [0.05, 0.1) is 22.7 Å². The van der Waals surface area contributed by atoms with Crippen molar-refractivity contribution >= 4 is 16.7 Å². The maximum atomic E-state index is 14.8. The number of ether oxygens (including phenoxy) is 1. The Morgan fingerprint density at radius 3 is 2.65 bits per heavy atom. The lowest BCUT2D eigenvalue weighted by Crippen LogP contribution is -2.63. The minimum absolute atomic E-state index is 0.106. The zero-order valence-electron chi connectivity index (χ0n) is 19.5. The molecule has 0 radical (unpaired) electrons. The summed E-state index contributed by atoms with van der Waals surface area (Å²) in [6.07, 6.45) is 6.32. The van der Waals surface area contributed by atoms with Gasteiger partial charge in [-0.15, -0.1) is 0 Å². The monoisotopic (exact) mass is 463 g/mol. The maximum Gasteiger partial charge on any atom is 0.272 e. The average Bonchev–Trinajstić information content (AvgIpc) is 2.85. The average molecular weight is 464 g/mol. The first-order chi connectivity index (χ1) is 16.5. The van der Waals surface area contributed by atoms with E-state index >= 15 is 0 Å². The van der Waals surface area contributed by atoms with Crippen LogP contribution in [0.3, 0.4) is 0 Å². The van der Waals surface area contributed by atoms with Gasteiger partial charge in [-0.2, -0.15) is 5.10 Å². The molecule has 1 saturated heterocycles. The first-order valence-corrected chi connectivity index (χ1v) is 12.2. The summed E-state index contributed by atoms with van der Waals surface area (Å²) >= 11 is 0. The molecule has 2 aliphatic rings. The number of hydrogen-bond acceptors (Lipinski definition) is 4. The van der Waals surface area contributed by atoms with Crippen LogP contribution in [0.4, 0.5) is 4.39 Å². The van der Waals surface area contributed by atoms with Crippen LogP contribution >= 0.6 is 0 Å². The van der Waals surface area contributed by atoms with Crippen molar-refractivity contribution in [2.45, 2.75) is 63.5 Å². The van der Waals surface area contributed by atoms with E-state index in [2.05, 4.69) is 17.1 Å². The minimum Gasteiger partial charge on any atom is -0.378 e. The van der Waals surface area contributed by atoms with Crippen LogP contribution in [0.2, 0.25) is 0 Å². The highest BCUT2D eigenvalue weighted by Crippen LogP contribution is 2.44. The third kappa shape index (κ3) is 4.13. The number of hydrogen-bond donors (Lipinski definition) is 1. The molecule has 1 spiro atoms. The van der Waals surface area contributed by atoms with Crippen LogP contribution in [0.25, 0.3) is 10.8 Å². The number of aromatic nitrogens is 2. The lowest BCUT2D eigenvalue weighted by molar-refractivity contribution is -0.0623. The predicted octanol–water partition coefficient (Wildman–Crippen LogP) is 4.61. The smallest absolute Gasteiger partial charge is 0.272 e. The van der Waals surface area contributed by atoms with E-state index < -0.39 is 5.82 Å². The van der Waals surface area contributed by atoms with E-state index in [9.17, 15) is 14.0 Å². The van der Waals surface area contributed by atoms with Crippen LogP contribution in [-0.4, -0.2) is 45.8 Å². The lowest BCUT2D eigenvalue weighted by atomic mass is 9.71. The zero-order valence-corrected chi connectivity index (χ0v) is 19.5. The molecule has 1 amide bonds. The van der Waals surface area contributed by atoms with E-state index in [0.29, 0.717) is 24.0 Å². The van der Waals surface area contributed by atoms with Gasteiger partial charge in [0.2, 0.25) is 0 Å². The number of carbonyl (C=O) groups is 1. The van der Waals surface area contributed by atoms with Crippen molar-refractivity contribution in [1.29, 1.82) is 0 Å². The Morgan fingerprint density at radius 2 is 1.94 bits per heavy atom. The van der Waals surface area contributed by atoms with Gasteiger partial charge in [0, 0.05) is 30.5 Å². The molecule has 6 nitrogen and oxygen atoms in total. The number of halogens is 1. The van der Waals surface area contributed by atoms with Gasteiger partial charge in [-0.1, -0.05) is 31.2 Å². The molecule has 3 aromatic rings. The van der Waals surface area contributed by atoms with Crippen molar-refractivity contribution in [2.24, 2.45) is 0 Å². The lowest BCUT2D eigenvalue weighted by Gasteiger charge is -2.56. The van der Waals surface area contributed by atoms with Crippen molar-refractivity contribution in [3.05, 3.63) is 75.5 Å². The zero-order chi connectivity index (χ0) is 23.7. The topological polar surface area (TPSA) is 75.3 Å². The Hall–Kier alpha value is -3.06. The number of rotatable bonds is 6. The number of fused-ring (bicyclic) bond motifs is 1. The van der Waals surface area contributed by atoms with Crippen LogP contribution in [-0.2, 0) is 11.2 Å². The molecule has 2 aromatic carbocycles. The molecule has 0 unspecified atom stereocenters. The number of benzene rings is 2. The summed E-state index contributed by atoms with van der Waals surface area (Å²) < 4.78 is 20.7. The second-order valence-electron chi connectivity index (χ2n) is 9.54. The van der Waals surface area contributed by atoms with Crippen LogP contribution in [0.1, 0.15) is 67.1 Å². The number of amides is 1. The highest BCUT2D eigenvalue weighted by molar-refractivity contribution is 5.96. The Labute approximate surface area is 198 Å². The summed E-state index contributed by atoms with van der Waals surface area (Å²) in [4.78, 5) is 27.4. The molecule has 5 rings (SSSR count). The number of likely N-dealkylation sites (tertiary alicyclic amines) is 1. The molecule has 1 aromatic heterocycles. The van der Waals surface area contributed by atoms with Crippen LogP contribution in [0.5, 0.6) is 0 Å². The van der Waals surface area contributed by atoms with Crippen molar-refractivity contribution in [3.63, 3.8) is 0 Å². The van der Waals surface area contributed by atoms with Crippen LogP contribution < -0.4 is 5.56 Å². The largest absolute Gasteiger partial charge is 0.378 e. The number of H-pyrrole nitrogens is 1. The Kier molecular flexibility index (Phi) is 6.21. The van der Waals surface area contributed by atoms with E-state index in [-0.39, 0.29) is 28.7 Å². The van der Waals surface area contributed by atoms with Gasteiger partial charge in [-0.3, -0.25) is 9.59 Å². The highest BCUT2D eigenvalue weighted by Gasteiger charge is 2.49. The summed E-state index contributed by atoms with van der Waals surface area (Å²) in [5, 5.41) is 8.08. The van der Waals surface area contributed by atoms with Gasteiger partial charge in [0.25, 0.3) is 11.5 Å². The SMILES string of the molecule is CCCOC1CCC2(CC1)CCN2C(=O)c1cc(Cc2n[nH]c(=O)c3ccccc23)ccc1F. The van der Waals surface area contributed by atoms with Crippen molar-refractivity contribution in [2.75, 3.05) is 13.2 Å². The Bertz CT molecular complexity index is 1260. The molecular formula is C27H30FN3O3. The molecule has 1 saturated carbocycles. The third-order valence-corrected chi connectivity index (χ3v) is 7.45. The second kappa shape index (κ2) is 9.29. The highest BCUT2D eigenvalue weighted by atomic mass is 19.1. The Morgan fingerprint density at radius 1 is 1.18 bits per heavy atom. The van der Waals surface area contributed by atoms with Gasteiger partial charge < -0.3 is 9.64 Å². The van der Waals surface area contributed by atoms with Gasteiger partial charge in [0.15, 0.2) is 0 Å². The molecular weight excluding hydrogens is 433 g/mol. The molecule has 7 heteroatoms. The van der Waals surface area contributed by atoms with Gasteiger partial charge in [-0.05, 0) is 62.3 Å². The van der Waals surface area contributed by atoms with E-state index in [4.69, 9.17) is 4.74 Å². The first-order valence-electron chi connectivity index (χ1n) is 12.2. The minimum atomic E-state index is -0.505. The normalized spacial score (nSPS) is 22.2. The molecule has 1 aliphatic carbocycles. The fourth-order valence-electron chi connectivity index (χ4n) is 5.45. The van der Waals surface area contributed by atoms with E-state index in [1.807, 2.05) is 23.1 Å². The second-order valence-corrected chi connectivity index (χ2v) is 9.54. The molecule has 1 N–H and O–H groups in total. The fourth-order valence-corrected chi connectivity index (χ4v) is 5.45. The molecule has 34 heavy (non-hydrogen) atoms. The number of nitrogens with zero attached hydrogens (tertiary/aromatic N) is 2. The van der Waals surface area contributed by atoms with Gasteiger partial charge in [-0.25, -0.2) is 9.49 Å². The number of aromatic amines is 1. The molecule has 2 heterocycles. The summed E-state index contributed by atoms with van der Waals surface area (Å²) in [6, 6.07) is 12.0.